The van der Waals surface area contributed by atoms with Gasteiger partial charge in [0, 0.05) is 30.0 Å². The van der Waals surface area contributed by atoms with Crippen LogP contribution in [0.15, 0.2) is 60.8 Å². The van der Waals surface area contributed by atoms with Crippen LogP contribution in [0.3, 0.4) is 0 Å². The topological polar surface area (TPSA) is 42.4 Å². The molecular formula is C22H18Cl2N2O2. The fourth-order valence-corrected chi connectivity index (χ4v) is 3.44. The molecule has 0 radical (unpaired) electrons. The van der Waals surface area contributed by atoms with E-state index in [1.165, 1.54) is 5.56 Å². The highest BCUT2D eigenvalue weighted by molar-refractivity contribution is 6.34. The third-order valence-corrected chi connectivity index (χ3v) is 5.27. The molecule has 1 saturated carbocycles. The summed E-state index contributed by atoms with van der Waals surface area (Å²) in [5.74, 6) is 0.867. The van der Waals surface area contributed by atoms with E-state index in [2.05, 4.69) is 11.1 Å². The number of rotatable bonds is 5. The number of pyridine rings is 1. The summed E-state index contributed by atoms with van der Waals surface area (Å²) in [6, 6.07) is 16.3. The number of para-hydroxylation sites is 1. The Morgan fingerprint density at radius 2 is 1.89 bits per heavy atom. The Morgan fingerprint density at radius 1 is 1.11 bits per heavy atom. The lowest BCUT2D eigenvalue weighted by Gasteiger charge is -2.21. The van der Waals surface area contributed by atoms with Gasteiger partial charge in [0.25, 0.3) is 5.91 Å². The van der Waals surface area contributed by atoms with Crippen molar-refractivity contribution in [2.75, 3.05) is 11.9 Å². The number of anilines is 1. The molecule has 4 nitrogen and oxygen atoms in total. The van der Waals surface area contributed by atoms with E-state index < -0.39 is 0 Å². The number of halogens is 2. The van der Waals surface area contributed by atoms with E-state index in [0.717, 1.165) is 18.5 Å². The van der Waals surface area contributed by atoms with Gasteiger partial charge in [-0.2, -0.15) is 0 Å². The van der Waals surface area contributed by atoms with Gasteiger partial charge in [0.15, 0.2) is 0 Å². The van der Waals surface area contributed by atoms with Crippen LogP contribution in [0.1, 0.15) is 34.7 Å². The van der Waals surface area contributed by atoms with Crippen LogP contribution in [0.5, 0.6) is 11.6 Å². The fraction of sp³-hybridized carbons (Fsp3) is 0.182. The van der Waals surface area contributed by atoms with Crippen LogP contribution in [-0.4, -0.2) is 17.9 Å². The van der Waals surface area contributed by atoms with Crippen LogP contribution in [0.2, 0.25) is 10.0 Å². The minimum atomic E-state index is -0.200. The van der Waals surface area contributed by atoms with Crippen molar-refractivity contribution in [3.05, 3.63) is 82.0 Å². The number of ether oxygens (including phenoxy) is 1. The molecule has 142 valence electrons. The predicted octanol–water partition coefficient (Wildman–Crippen LogP) is 6.33. The number of hydrogen-bond acceptors (Lipinski definition) is 3. The minimum absolute atomic E-state index is 0.187. The van der Waals surface area contributed by atoms with Crippen molar-refractivity contribution >= 4 is 34.8 Å². The summed E-state index contributed by atoms with van der Waals surface area (Å²) < 4.78 is 5.84. The number of aromatic nitrogens is 1. The SMILES string of the molecule is CN(C(=O)c1cccnc1Oc1cc(Cl)ccc1Cl)c1ccccc1C1CC1. The van der Waals surface area contributed by atoms with Gasteiger partial charge in [0.2, 0.25) is 5.88 Å². The number of carbonyl (C=O) groups excluding carboxylic acids is 1. The van der Waals surface area contributed by atoms with Crippen molar-refractivity contribution in [2.45, 2.75) is 18.8 Å². The molecule has 4 rings (SSSR count). The fourth-order valence-electron chi connectivity index (χ4n) is 3.12. The Bertz CT molecular complexity index is 1030. The molecule has 0 N–H and O–H groups in total. The molecular weight excluding hydrogens is 395 g/mol. The lowest BCUT2D eigenvalue weighted by atomic mass is 10.1. The van der Waals surface area contributed by atoms with E-state index in [9.17, 15) is 4.79 Å². The summed E-state index contributed by atoms with van der Waals surface area (Å²) in [5, 5.41) is 0.875. The van der Waals surface area contributed by atoms with Gasteiger partial charge in [0.1, 0.15) is 11.3 Å². The standard InChI is InChI=1S/C22H18Cl2N2O2/c1-26(19-7-3-2-5-16(19)14-8-9-14)22(27)17-6-4-12-25-21(17)28-20-13-15(23)10-11-18(20)24/h2-7,10-14H,8-9H2,1H3. The quantitative estimate of drug-likeness (QED) is 0.491. The van der Waals surface area contributed by atoms with E-state index in [1.54, 1.807) is 48.5 Å². The first-order chi connectivity index (χ1) is 13.5. The highest BCUT2D eigenvalue weighted by Gasteiger charge is 2.29. The summed E-state index contributed by atoms with van der Waals surface area (Å²) in [4.78, 5) is 19.1. The smallest absolute Gasteiger partial charge is 0.263 e. The molecule has 0 saturated heterocycles. The van der Waals surface area contributed by atoms with Crippen LogP contribution < -0.4 is 9.64 Å². The molecule has 0 bridgehead atoms. The van der Waals surface area contributed by atoms with E-state index in [4.69, 9.17) is 27.9 Å². The van der Waals surface area contributed by atoms with Crippen molar-refractivity contribution in [3.8, 4) is 11.6 Å². The maximum Gasteiger partial charge on any atom is 0.263 e. The molecule has 1 heterocycles. The first kappa shape index (κ1) is 18.8. The van der Waals surface area contributed by atoms with E-state index in [-0.39, 0.29) is 11.8 Å². The molecule has 1 aromatic heterocycles. The van der Waals surface area contributed by atoms with Crippen molar-refractivity contribution in [2.24, 2.45) is 0 Å². The summed E-state index contributed by atoms with van der Waals surface area (Å²) in [6.07, 6.45) is 3.89. The minimum Gasteiger partial charge on any atom is -0.437 e. The summed E-state index contributed by atoms with van der Waals surface area (Å²) in [5.41, 5.74) is 2.46. The zero-order chi connectivity index (χ0) is 19.7. The summed E-state index contributed by atoms with van der Waals surface area (Å²) in [7, 11) is 1.77. The largest absolute Gasteiger partial charge is 0.437 e. The molecule has 28 heavy (non-hydrogen) atoms. The third kappa shape index (κ3) is 3.84. The van der Waals surface area contributed by atoms with Crippen LogP contribution in [0, 0.1) is 0 Å². The number of benzene rings is 2. The van der Waals surface area contributed by atoms with Gasteiger partial charge in [0.05, 0.1) is 5.02 Å². The number of nitrogens with zero attached hydrogens (tertiary/aromatic N) is 2. The molecule has 0 unspecified atom stereocenters. The Morgan fingerprint density at radius 3 is 2.68 bits per heavy atom. The maximum absolute atomic E-state index is 13.3. The normalized spacial score (nSPS) is 13.2. The second kappa shape index (κ2) is 7.82. The van der Waals surface area contributed by atoms with Gasteiger partial charge < -0.3 is 9.64 Å². The van der Waals surface area contributed by atoms with Crippen LogP contribution in [0.25, 0.3) is 0 Å². The van der Waals surface area contributed by atoms with Crippen LogP contribution in [-0.2, 0) is 0 Å². The van der Waals surface area contributed by atoms with E-state index in [1.807, 2.05) is 18.2 Å². The second-order valence-electron chi connectivity index (χ2n) is 6.73. The lowest BCUT2D eigenvalue weighted by Crippen LogP contribution is -2.27. The monoisotopic (exact) mass is 412 g/mol. The zero-order valence-electron chi connectivity index (χ0n) is 15.2. The molecule has 0 spiro atoms. The highest BCUT2D eigenvalue weighted by Crippen LogP contribution is 2.44. The van der Waals surface area contributed by atoms with Gasteiger partial charge in [-0.1, -0.05) is 41.4 Å². The first-order valence-electron chi connectivity index (χ1n) is 8.99. The van der Waals surface area contributed by atoms with E-state index >= 15 is 0 Å². The van der Waals surface area contributed by atoms with Crippen molar-refractivity contribution in [1.82, 2.24) is 4.98 Å². The number of carbonyl (C=O) groups is 1. The van der Waals surface area contributed by atoms with Gasteiger partial charge in [-0.3, -0.25) is 4.79 Å². The molecule has 0 atom stereocenters. The molecule has 0 aliphatic heterocycles. The Kier molecular flexibility index (Phi) is 5.25. The van der Waals surface area contributed by atoms with Crippen molar-refractivity contribution in [1.29, 1.82) is 0 Å². The molecule has 1 aliphatic carbocycles. The second-order valence-corrected chi connectivity index (χ2v) is 7.57. The van der Waals surface area contributed by atoms with Crippen molar-refractivity contribution < 1.29 is 9.53 Å². The lowest BCUT2D eigenvalue weighted by molar-refractivity contribution is 0.0990. The van der Waals surface area contributed by atoms with Gasteiger partial charge in [-0.25, -0.2) is 4.98 Å². The molecule has 1 amide bonds. The predicted molar refractivity (Wildman–Crippen MR) is 112 cm³/mol. The summed E-state index contributed by atoms with van der Waals surface area (Å²) in [6.45, 7) is 0. The molecule has 1 aliphatic rings. The maximum atomic E-state index is 13.3. The molecule has 6 heteroatoms. The molecule has 3 aromatic rings. The average molecular weight is 413 g/mol. The molecule has 1 fully saturated rings. The van der Waals surface area contributed by atoms with Gasteiger partial charge >= 0.3 is 0 Å². The average Bonchev–Trinajstić information content (AvgIpc) is 3.55. The van der Waals surface area contributed by atoms with Crippen LogP contribution >= 0.6 is 23.2 Å². The Hall–Kier alpha value is -2.56. The number of hydrogen-bond donors (Lipinski definition) is 0. The van der Waals surface area contributed by atoms with Crippen LogP contribution in [0.4, 0.5) is 5.69 Å². The number of amides is 1. The highest BCUT2D eigenvalue weighted by atomic mass is 35.5. The van der Waals surface area contributed by atoms with Gasteiger partial charge in [-0.15, -0.1) is 0 Å². The third-order valence-electron chi connectivity index (χ3n) is 4.72. The van der Waals surface area contributed by atoms with E-state index in [0.29, 0.717) is 27.3 Å². The zero-order valence-corrected chi connectivity index (χ0v) is 16.7. The Balaban J connectivity index is 1.66. The molecule has 2 aromatic carbocycles. The Labute approximate surface area is 173 Å². The summed E-state index contributed by atoms with van der Waals surface area (Å²) >= 11 is 12.2. The van der Waals surface area contributed by atoms with Gasteiger partial charge in [-0.05, 0) is 54.7 Å². The first-order valence-corrected chi connectivity index (χ1v) is 9.75. The van der Waals surface area contributed by atoms with Crippen molar-refractivity contribution in [3.63, 3.8) is 0 Å².